The number of rotatable bonds is 2. The number of benzene rings is 6. The van der Waals surface area contributed by atoms with Crippen LogP contribution < -0.4 is 0 Å². The fraction of sp³-hybridized carbons (Fsp3) is 0. The Morgan fingerprint density at radius 3 is 2.14 bits per heavy atom. The first-order valence-corrected chi connectivity index (χ1v) is 15.5. The molecule has 0 radical (unpaired) electrons. The van der Waals surface area contributed by atoms with Crippen molar-refractivity contribution in [3.63, 3.8) is 0 Å². The third-order valence-electron chi connectivity index (χ3n) is 8.83. The maximum atomic E-state index is 5.38. The van der Waals surface area contributed by atoms with E-state index in [1.807, 2.05) is 23.6 Å². The summed E-state index contributed by atoms with van der Waals surface area (Å²) in [5.41, 5.74) is 4.82. The van der Waals surface area contributed by atoms with E-state index in [4.69, 9.17) is 15.0 Å². The Morgan fingerprint density at radius 1 is 0.545 bits per heavy atom. The quantitative estimate of drug-likeness (QED) is 0.205. The van der Waals surface area contributed by atoms with Crippen molar-refractivity contribution in [2.24, 2.45) is 0 Å². The molecule has 0 bridgehead atoms. The highest BCUT2D eigenvalue weighted by Gasteiger charge is 2.23. The molecule has 10 aromatic rings. The van der Waals surface area contributed by atoms with Gasteiger partial charge in [-0.25, -0.2) is 9.97 Å². The van der Waals surface area contributed by atoms with Gasteiger partial charge in [0.2, 0.25) is 5.95 Å². The van der Waals surface area contributed by atoms with Crippen LogP contribution in [-0.4, -0.2) is 19.5 Å². The van der Waals surface area contributed by atoms with E-state index in [-0.39, 0.29) is 0 Å². The SMILES string of the molecule is c1ccc2cc(-c3nc(-n4c5ccccc5c5c6ccccc6c6c7ccccc7sc6c54)nc4ncccc34)ccc2c1. The summed E-state index contributed by atoms with van der Waals surface area (Å²) in [5.74, 6) is 0.625. The van der Waals surface area contributed by atoms with Gasteiger partial charge in [-0.15, -0.1) is 11.3 Å². The molecular formula is C39H22N4S. The van der Waals surface area contributed by atoms with Crippen molar-refractivity contribution in [1.29, 1.82) is 0 Å². The standard InChI is InChI=1S/C39H22N4S/c1-2-11-24-22-25(20-19-23(24)10-1)35-30-16-9-21-40-38(30)42-39(41-35)43-31-17-7-5-14-28(31)33-26-12-3-4-13-27(26)34-29-15-6-8-18-32(29)44-37(34)36(33)43/h1-22H. The fourth-order valence-electron chi connectivity index (χ4n) is 6.94. The predicted octanol–water partition coefficient (Wildman–Crippen LogP) is 10.5. The van der Waals surface area contributed by atoms with Crippen LogP contribution in [0.1, 0.15) is 0 Å². The van der Waals surface area contributed by atoms with Gasteiger partial charge in [0, 0.05) is 43.4 Å². The molecular weight excluding hydrogens is 557 g/mol. The third-order valence-corrected chi connectivity index (χ3v) is 10.0. The number of pyridine rings is 1. The molecule has 0 aliphatic heterocycles. The van der Waals surface area contributed by atoms with Gasteiger partial charge < -0.3 is 0 Å². The summed E-state index contributed by atoms with van der Waals surface area (Å²) in [6, 6.07) is 45.2. The number of hydrogen-bond acceptors (Lipinski definition) is 4. The maximum Gasteiger partial charge on any atom is 0.237 e. The molecule has 0 amide bonds. The molecule has 4 nitrogen and oxygen atoms in total. The summed E-state index contributed by atoms with van der Waals surface area (Å²) in [7, 11) is 0. The maximum absolute atomic E-state index is 5.38. The Bertz CT molecular complexity index is 2790. The Labute approximate surface area is 255 Å². The molecule has 10 rings (SSSR count). The van der Waals surface area contributed by atoms with Gasteiger partial charge in [-0.3, -0.25) is 4.57 Å². The minimum Gasteiger partial charge on any atom is -0.276 e. The van der Waals surface area contributed by atoms with Gasteiger partial charge in [0.1, 0.15) is 0 Å². The van der Waals surface area contributed by atoms with E-state index in [0.29, 0.717) is 11.6 Å². The summed E-state index contributed by atoms with van der Waals surface area (Å²) in [5, 5.41) is 10.8. The first-order chi connectivity index (χ1) is 21.8. The van der Waals surface area contributed by atoms with Crippen LogP contribution in [0.2, 0.25) is 0 Å². The molecule has 0 spiro atoms. The Morgan fingerprint density at radius 2 is 1.25 bits per heavy atom. The van der Waals surface area contributed by atoms with Gasteiger partial charge in [0.25, 0.3) is 0 Å². The number of aromatic nitrogens is 4. The molecule has 0 atom stereocenters. The smallest absolute Gasteiger partial charge is 0.237 e. The van der Waals surface area contributed by atoms with Crippen molar-refractivity contribution >= 4 is 85.9 Å². The predicted molar refractivity (Wildman–Crippen MR) is 185 cm³/mol. The molecule has 0 unspecified atom stereocenters. The van der Waals surface area contributed by atoms with Crippen LogP contribution >= 0.6 is 11.3 Å². The highest BCUT2D eigenvalue weighted by molar-refractivity contribution is 7.27. The monoisotopic (exact) mass is 578 g/mol. The average Bonchev–Trinajstić information content (AvgIpc) is 3.65. The summed E-state index contributed by atoms with van der Waals surface area (Å²) in [4.78, 5) is 15.3. The summed E-state index contributed by atoms with van der Waals surface area (Å²) in [6.45, 7) is 0. The molecule has 0 fully saturated rings. The van der Waals surface area contributed by atoms with Crippen molar-refractivity contribution in [3.8, 4) is 17.2 Å². The van der Waals surface area contributed by atoms with Crippen LogP contribution in [0.15, 0.2) is 134 Å². The zero-order chi connectivity index (χ0) is 28.8. The van der Waals surface area contributed by atoms with Crippen LogP contribution in [0.25, 0.3) is 91.8 Å². The van der Waals surface area contributed by atoms with Crippen molar-refractivity contribution in [2.45, 2.75) is 0 Å². The Balaban J connectivity index is 1.40. The fourth-order valence-corrected chi connectivity index (χ4v) is 8.20. The van der Waals surface area contributed by atoms with Crippen LogP contribution in [0.4, 0.5) is 0 Å². The second-order valence-electron chi connectivity index (χ2n) is 11.2. The van der Waals surface area contributed by atoms with E-state index < -0.39 is 0 Å². The van der Waals surface area contributed by atoms with E-state index in [1.165, 1.54) is 52.5 Å². The highest BCUT2D eigenvalue weighted by atomic mass is 32.1. The van der Waals surface area contributed by atoms with E-state index in [2.05, 4.69) is 126 Å². The molecule has 4 aromatic heterocycles. The van der Waals surface area contributed by atoms with Crippen molar-refractivity contribution in [1.82, 2.24) is 19.5 Å². The second kappa shape index (κ2) is 8.93. The minimum atomic E-state index is 0.625. The van der Waals surface area contributed by atoms with Crippen molar-refractivity contribution < 1.29 is 0 Å². The van der Waals surface area contributed by atoms with Crippen LogP contribution in [0, 0.1) is 0 Å². The minimum absolute atomic E-state index is 0.625. The summed E-state index contributed by atoms with van der Waals surface area (Å²) < 4.78 is 4.79. The largest absolute Gasteiger partial charge is 0.276 e. The van der Waals surface area contributed by atoms with E-state index in [1.54, 1.807) is 0 Å². The lowest BCUT2D eigenvalue weighted by molar-refractivity contribution is 1.01. The lowest BCUT2D eigenvalue weighted by Crippen LogP contribution is -2.04. The van der Waals surface area contributed by atoms with Crippen LogP contribution in [0.3, 0.4) is 0 Å². The van der Waals surface area contributed by atoms with Gasteiger partial charge in [-0.2, -0.15) is 4.98 Å². The van der Waals surface area contributed by atoms with Gasteiger partial charge >= 0.3 is 0 Å². The molecule has 0 aliphatic carbocycles. The molecule has 0 saturated carbocycles. The normalized spacial score (nSPS) is 12.1. The molecule has 5 heteroatoms. The van der Waals surface area contributed by atoms with Crippen LogP contribution in [-0.2, 0) is 0 Å². The first kappa shape index (κ1) is 23.9. The Hall–Kier alpha value is -5.65. The first-order valence-electron chi connectivity index (χ1n) is 14.7. The molecule has 0 N–H and O–H groups in total. The lowest BCUT2D eigenvalue weighted by atomic mass is 9.99. The van der Waals surface area contributed by atoms with Crippen molar-refractivity contribution in [3.05, 3.63) is 134 Å². The lowest BCUT2D eigenvalue weighted by Gasteiger charge is -2.12. The number of fused-ring (bicyclic) bond motifs is 12. The van der Waals surface area contributed by atoms with E-state index >= 15 is 0 Å². The highest BCUT2D eigenvalue weighted by Crippen LogP contribution is 2.47. The molecule has 0 saturated heterocycles. The third kappa shape index (κ3) is 3.24. The summed E-state index contributed by atoms with van der Waals surface area (Å²) in [6.07, 6.45) is 1.81. The van der Waals surface area contributed by atoms with Crippen LogP contribution in [0.5, 0.6) is 0 Å². The average molecular weight is 579 g/mol. The molecule has 204 valence electrons. The molecule has 6 aromatic carbocycles. The van der Waals surface area contributed by atoms with E-state index in [0.717, 1.165) is 27.7 Å². The zero-order valence-corrected chi connectivity index (χ0v) is 24.2. The number of thiophene rings is 1. The summed E-state index contributed by atoms with van der Waals surface area (Å²) >= 11 is 1.84. The molecule has 44 heavy (non-hydrogen) atoms. The molecule has 4 heterocycles. The zero-order valence-electron chi connectivity index (χ0n) is 23.4. The van der Waals surface area contributed by atoms with Crippen molar-refractivity contribution in [2.75, 3.05) is 0 Å². The number of hydrogen-bond donors (Lipinski definition) is 0. The van der Waals surface area contributed by atoms with Gasteiger partial charge in [0.05, 0.1) is 21.4 Å². The molecule has 0 aliphatic rings. The van der Waals surface area contributed by atoms with Gasteiger partial charge in [-0.05, 0) is 51.9 Å². The van der Waals surface area contributed by atoms with E-state index in [9.17, 15) is 0 Å². The topological polar surface area (TPSA) is 43.6 Å². The van der Waals surface area contributed by atoms with Gasteiger partial charge in [0.15, 0.2) is 5.65 Å². The second-order valence-corrected chi connectivity index (χ2v) is 12.3. The van der Waals surface area contributed by atoms with Gasteiger partial charge in [-0.1, -0.05) is 97.1 Å². The number of para-hydroxylation sites is 1. The Kier molecular flexibility index (Phi) is 4.84. The number of nitrogens with zero attached hydrogens (tertiary/aromatic N) is 4.